The third-order valence-corrected chi connectivity index (χ3v) is 4.32. The molecule has 0 fully saturated rings. The highest BCUT2D eigenvalue weighted by molar-refractivity contribution is 6.12. The molecule has 0 spiro atoms. The molecule has 3 aromatic rings. The summed E-state index contributed by atoms with van der Waals surface area (Å²) >= 11 is 0. The minimum atomic E-state index is 1.19. The summed E-state index contributed by atoms with van der Waals surface area (Å²) < 4.78 is 2.23. The number of aromatic amines is 1. The van der Waals surface area contributed by atoms with E-state index in [1.165, 1.54) is 44.3 Å². The molecule has 2 heteroatoms. The van der Waals surface area contributed by atoms with E-state index < -0.39 is 0 Å². The Bertz CT molecular complexity index is 930. The van der Waals surface area contributed by atoms with Gasteiger partial charge in [0.05, 0.1) is 11.0 Å². The molecule has 0 unspecified atom stereocenters. The van der Waals surface area contributed by atoms with Crippen molar-refractivity contribution in [2.75, 3.05) is 0 Å². The molecule has 0 aliphatic rings. The lowest BCUT2D eigenvalue weighted by atomic mass is 10.0. The Morgan fingerprint density at radius 2 is 1.71 bits per heavy atom. The second kappa shape index (κ2) is 7.39. The van der Waals surface area contributed by atoms with E-state index in [2.05, 4.69) is 73.5 Å². The Morgan fingerprint density at radius 1 is 1.04 bits per heavy atom. The van der Waals surface area contributed by atoms with Crippen LogP contribution in [0.25, 0.3) is 40.0 Å². The zero-order valence-electron chi connectivity index (χ0n) is 15.7. The van der Waals surface area contributed by atoms with Crippen LogP contribution in [-0.4, -0.2) is 9.55 Å². The van der Waals surface area contributed by atoms with E-state index in [0.29, 0.717) is 0 Å². The molecule has 0 aliphatic carbocycles. The Kier molecular flexibility index (Phi) is 5.50. The molecule has 0 atom stereocenters. The first-order valence-electron chi connectivity index (χ1n) is 8.65. The molecule has 1 aromatic carbocycles. The average Bonchev–Trinajstić information content (AvgIpc) is 3.06. The first-order valence-corrected chi connectivity index (χ1v) is 8.65. The zero-order valence-corrected chi connectivity index (χ0v) is 15.7. The van der Waals surface area contributed by atoms with Crippen LogP contribution in [0.2, 0.25) is 0 Å². The number of H-pyrrole nitrogens is 1. The second-order valence-corrected chi connectivity index (χ2v) is 5.61. The fourth-order valence-electron chi connectivity index (χ4n) is 3.34. The molecule has 2 nitrogen and oxygen atoms in total. The van der Waals surface area contributed by atoms with Crippen molar-refractivity contribution in [2.24, 2.45) is 7.05 Å². The largest absolute Gasteiger partial charge is 0.358 e. The van der Waals surface area contributed by atoms with Gasteiger partial charge in [0.15, 0.2) is 0 Å². The summed E-state index contributed by atoms with van der Waals surface area (Å²) in [5, 5.41) is 2.52. The van der Waals surface area contributed by atoms with Gasteiger partial charge in [-0.2, -0.15) is 0 Å². The Labute approximate surface area is 145 Å². The van der Waals surface area contributed by atoms with E-state index in [0.717, 1.165) is 0 Å². The maximum Gasteiger partial charge on any atom is 0.0563 e. The molecule has 0 aliphatic heterocycles. The first-order chi connectivity index (χ1) is 11.6. The van der Waals surface area contributed by atoms with E-state index in [-0.39, 0.29) is 0 Å². The van der Waals surface area contributed by atoms with Gasteiger partial charge in [-0.15, -0.1) is 0 Å². The van der Waals surface area contributed by atoms with Gasteiger partial charge in [-0.05, 0) is 32.9 Å². The van der Waals surface area contributed by atoms with Crippen molar-refractivity contribution < 1.29 is 0 Å². The van der Waals surface area contributed by atoms with Crippen molar-refractivity contribution in [2.45, 2.75) is 34.6 Å². The van der Waals surface area contributed by atoms with Crippen molar-refractivity contribution in [3.05, 3.63) is 53.4 Å². The Balaban J connectivity index is 0.00000100. The highest BCUT2D eigenvalue weighted by Crippen LogP contribution is 2.35. The number of aryl methyl sites for hydroxylation is 2. The van der Waals surface area contributed by atoms with Crippen molar-refractivity contribution in [3.8, 4) is 0 Å². The number of fused-ring (bicyclic) bond motifs is 3. The molecule has 2 aromatic heterocycles. The lowest BCUT2D eigenvalue weighted by molar-refractivity contribution is 0.953. The summed E-state index contributed by atoms with van der Waals surface area (Å²) in [6.07, 6.45) is 10.4. The highest BCUT2D eigenvalue weighted by atomic mass is 14.9. The summed E-state index contributed by atoms with van der Waals surface area (Å²) in [5.41, 5.74) is 7.28. The van der Waals surface area contributed by atoms with Crippen LogP contribution < -0.4 is 0 Å². The van der Waals surface area contributed by atoms with Gasteiger partial charge in [0.1, 0.15) is 0 Å². The summed E-state index contributed by atoms with van der Waals surface area (Å²) in [6, 6.07) is 4.42. The van der Waals surface area contributed by atoms with Gasteiger partial charge >= 0.3 is 0 Å². The lowest BCUT2D eigenvalue weighted by Crippen LogP contribution is -1.90. The SMILES string of the molecule is C=Cc1c(/C=C\C)n(C)c2ccc3c(/C=C\C)c(C)[nH]c3c12.CC. The number of allylic oxidation sites excluding steroid dienone is 2. The molecule has 0 saturated carbocycles. The second-order valence-electron chi connectivity index (χ2n) is 5.61. The van der Waals surface area contributed by atoms with Crippen LogP contribution in [-0.2, 0) is 7.05 Å². The average molecular weight is 320 g/mol. The Hall–Kier alpha value is -2.48. The predicted octanol–water partition coefficient (Wildman–Crippen LogP) is 6.70. The molecule has 0 saturated heterocycles. The molecular weight excluding hydrogens is 292 g/mol. The van der Waals surface area contributed by atoms with Gasteiger partial charge in [0.25, 0.3) is 0 Å². The van der Waals surface area contributed by atoms with E-state index in [1.54, 1.807) is 0 Å². The first kappa shape index (κ1) is 17.9. The molecule has 0 amide bonds. The fourth-order valence-corrected chi connectivity index (χ4v) is 3.34. The standard InChI is InChI=1S/C20H22N2.C2H6/c1-6-9-15-13(4)21-20-16(15)11-12-18-19(20)14(8-3)17(10-7-2)22(18)5;1-2/h6-12,21H,3H2,1-2,4-5H3;1-2H3/b9-6-,10-7-;. The van der Waals surface area contributed by atoms with Crippen LogP contribution in [0.5, 0.6) is 0 Å². The van der Waals surface area contributed by atoms with Gasteiger partial charge < -0.3 is 9.55 Å². The molecule has 0 bridgehead atoms. The lowest BCUT2D eigenvalue weighted by Gasteiger charge is -1.99. The molecular formula is C22H28N2. The monoisotopic (exact) mass is 320 g/mol. The maximum atomic E-state index is 4.03. The van der Waals surface area contributed by atoms with Crippen molar-refractivity contribution in [1.82, 2.24) is 9.55 Å². The third kappa shape index (κ3) is 2.62. The topological polar surface area (TPSA) is 20.7 Å². The van der Waals surface area contributed by atoms with Crippen molar-refractivity contribution >= 4 is 40.0 Å². The Morgan fingerprint density at radius 3 is 2.29 bits per heavy atom. The van der Waals surface area contributed by atoms with E-state index in [4.69, 9.17) is 0 Å². The van der Waals surface area contributed by atoms with Gasteiger partial charge in [-0.1, -0.05) is 50.8 Å². The number of nitrogens with one attached hydrogen (secondary N) is 1. The smallest absolute Gasteiger partial charge is 0.0563 e. The fraction of sp³-hybridized carbons (Fsp3) is 0.273. The number of nitrogens with zero attached hydrogens (tertiary/aromatic N) is 1. The molecule has 0 radical (unpaired) electrons. The quantitative estimate of drug-likeness (QED) is 0.554. The normalized spacial score (nSPS) is 11.6. The molecule has 3 rings (SSSR count). The van der Waals surface area contributed by atoms with E-state index in [9.17, 15) is 0 Å². The summed E-state index contributed by atoms with van der Waals surface area (Å²) in [6.45, 7) is 14.3. The summed E-state index contributed by atoms with van der Waals surface area (Å²) in [4.78, 5) is 3.58. The molecule has 126 valence electrons. The number of hydrogen-bond acceptors (Lipinski definition) is 0. The van der Waals surface area contributed by atoms with Crippen LogP contribution in [0.4, 0.5) is 0 Å². The number of rotatable bonds is 3. The maximum absolute atomic E-state index is 4.03. The number of benzene rings is 1. The highest BCUT2D eigenvalue weighted by Gasteiger charge is 2.16. The zero-order chi connectivity index (χ0) is 17.9. The predicted molar refractivity (Wildman–Crippen MR) is 110 cm³/mol. The van der Waals surface area contributed by atoms with Crippen LogP contribution in [0.1, 0.15) is 50.2 Å². The molecule has 2 heterocycles. The van der Waals surface area contributed by atoms with Crippen LogP contribution >= 0.6 is 0 Å². The van der Waals surface area contributed by atoms with E-state index in [1.807, 2.05) is 26.8 Å². The van der Waals surface area contributed by atoms with Gasteiger partial charge in [0, 0.05) is 40.3 Å². The van der Waals surface area contributed by atoms with Crippen LogP contribution in [0.3, 0.4) is 0 Å². The van der Waals surface area contributed by atoms with Gasteiger partial charge in [-0.3, -0.25) is 0 Å². The van der Waals surface area contributed by atoms with Crippen molar-refractivity contribution in [1.29, 1.82) is 0 Å². The van der Waals surface area contributed by atoms with Crippen molar-refractivity contribution in [3.63, 3.8) is 0 Å². The van der Waals surface area contributed by atoms with Gasteiger partial charge in [0.2, 0.25) is 0 Å². The minimum absolute atomic E-state index is 1.19. The number of aromatic nitrogens is 2. The minimum Gasteiger partial charge on any atom is -0.358 e. The number of hydrogen-bond donors (Lipinski definition) is 1. The van der Waals surface area contributed by atoms with Crippen LogP contribution in [0.15, 0.2) is 30.9 Å². The molecule has 1 N–H and O–H groups in total. The third-order valence-electron chi connectivity index (χ3n) is 4.32. The van der Waals surface area contributed by atoms with E-state index >= 15 is 0 Å². The summed E-state index contributed by atoms with van der Waals surface area (Å²) in [5.74, 6) is 0. The molecule has 24 heavy (non-hydrogen) atoms. The van der Waals surface area contributed by atoms with Crippen LogP contribution in [0, 0.1) is 6.92 Å². The summed E-state index contributed by atoms with van der Waals surface area (Å²) in [7, 11) is 2.11. The van der Waals surface area contributed by atoms with Gasteiger partial charge in [-0.25, -0.2) is 0 Å².